The maximum Gasteiger partial charge on any atom is 0.253 e. The predicted molar refractivity (Wildman–Crippen MR) is 128 cm³/mol. The number of carbonyl (C=O) groups is 1. The number of rotatable bonds is 9. The monoisotopic (exact) mass is 474 g/mol. The summed E-state index contributed by atoms with van der Waals surface area (Å²) in [6, 6.07) is 14.4. The molecule has 1 atom stereocenters. The molecule has 1 unspecified atom stereocenters. The van der Waals surface area contributed by atoms with E-state index in [2.05, 4.69) is 22.1 Å². The van der Waals surface area contributed by atoms with Crippen LogP contribution >= 0.6 is 35.0 Å². The Morgan fingerprint density at radius 2 is 1.87 bits per heavy atom. The number of hydrogen-bond acceptors (Lipinski definition) is 4. The normalized spacial score (nSPS) is 12.0. The van der Waals surface area contributed by atoms with E-state index >= 15 is 0 Å². The highest BCUT2D eigenvalue weighted by Gasteiger charge is 2.26. The van der Waals surface area contributed by atoms with Crippen molar-refractivity contribution in [3.05, 3.63) is 88.2 Å². The first-order valence-electron chi connectivity index (χ1n) is 9.87. The van der Waals surface area contributed by atoms with Crippen LogP contribution in [0, 0.1) is 5.92 Å². The third-order valence-corrected chi connectivity index (χ3v) is 6.31. The van der Waals surface area contributed by atoms with E-state index in [1.54, 1.807) is 42.1 Å². The van der Waals surface area contributed by atoms with Crippen LogP contribution in [0.15, 0.2) is 66.3 Å². The van der Waals surface area contributed by atoms with Crippen LogP contribution in [0.3, 0.4) is 0 Å². The van der Waals surface area contributed by atoms with Gasteiger partial charge in [-0.05, 0) is 35.7 Å². The number of halogens is 2. The fourth-order valence-corrected chi connectivity index (χ4v) is 4.32. The number of aromatic nitrogens is 3. The van der Waals surface area contributed by atoms with Crippen molar-refractivity contribution in [2.24, 2.45) is 5.92 Å². The summed E-state index contributed by atoms with van der Waals surface area (Å²) in [5.41, 5.74) is 1.57. The average molecular weight is 475 g/mol. The highest BCUT2D eigenvalue weighted by atomic mass is 35.5. The van der Waals surface area contributed by atoms with E-state index in [1.807, 2.05) is 42.7 Å². The topological polar surface area (TPSA) is 59.8 Å². The summed E-state index contributed by atoms with van der Waals surface area (Å²) in [5.74, 6) is 1.26. The Kier molecular flexibility index (Phi) is 8.18. The van der Waals surface area contributed by atoms with Crippen LogP contribution in [-0.2, 0) is 12.3 Å². The number of thioether (sulfide) groups is 1. The van der Waals surface area contributed by atoms with Gasteiger partial charge in [-0.1, -0.05) is 79.2 Å². The minimum Gasteiger partial charge on any atom is -0.342 e. The lowest BCUT2D eigenvalue weighted by molar-refractivity contribution is 0.0922. The first kappa shape index (κ1) is 23.4. The first-order chi connectivity index (χ1) is 14.9. The molecular formula is C23H24Cl2N4OS. The molecule has 0 fully saturated rings. The van der Waals surface area contributed by atoms with E-state index in [0.717, 1.165) is 16.5 Å². The molecule has 3 rings (SSSR count). The van der Waals surface area contributed by atoms with Crippen LogP contribution in [0.1, 0.15) is 41.6 Å². The minimum absolute atomic E-state index is 0.0910. The van der Waals surface area contributed by atoms with Gasteiger partial charge in [0.2, 0.25) is 0 Å². The molecule has 3 aromatic rings. The van der Waals surface area contributed by atoms with Gasteiger partial charge in [0.25, 0.3) is 5.91 Å². The SMILES string of the molecule is C=CCn1c(SCc2ccc(Cl)cc2)nnc1C(NC(=O)c1ccccc1Cl)C(C)C. The van der Waals surface area contributed by atoms with E-state index < -0.39 is 0 Å². The molecule has 0 saturated heterocycles. The van der Waals surface area contributed by atoms with Crippen molar-refractivity contribution in [1.29, 1.82) is 0 Å². The zero-order chi connectivity index (χ0) is 22.4. The van der Waals surface area contributed by atoms with E-state index in [-0.39, 0.29) is 17.9 Å². The van der Waals surface area contributed by atoms with Crippen molar-refractivity contribution in [2.75, 3.05) is 0 Å². The second kappa shape index (κ2) is 10.8. The summed E-state index contributed by atoms with van der Waals surface area (Å²) in [7, 11) is 0. The fraction of sp³-hybridized carbons (Fsp3) is 0.261. The molecule has 31 heavy (non-hydrogen) atoms. The molecule has 0 bridgehead atoms. The van der Waals surface area contributed by atoms with Gasteiger partial charge in [0.1, 0.15) is 0 Å². The van der Waals surface area contributed by atoms with Gasteiger partial charge in [-0.3, -0.25) is 4.79 Å². The van der Waals surface area contributed by atoms with E-state index in [9.17, 15) is 4.79 Å². The average Bonchev–Trinajstić information content (AvgIpc) is 3.14. The smallest absolute Gasteiger partial charge is 0.253 e. The zero-order valence-electron chi connectivity index (χ0n) is 17.4. The number of hydrogen-bond donors (Lipinski definition) is 1. The highest BCUT2D eigenvalue weighted by Crippen LogP contribution is 2.28. The van der Waals surface area contributed by atoms with Crippen LogP contribution in [-0.4, -0.2) is 20.7 Å². The number of nitrogens with zero attached hydrogens (tertiary/aromatic N) is 3. The van der Waals surface area contributed by atoms with Crippen LogP contribution in [0.4, 0.5) is 0 Å². The van der Waals surface area contributed by atoms with Crippen LogP contribution < -0.4 is 5.32 Å². The maximum absolute atomic E-state index is 12.9. The Balaban J connectivity index is 1.84. The van der Waals surface area contributed by atoms with Gasteiger partial charge in [-0.15, -0.1) is 16.8 Å². The van der Waals surface area contributed by atoms with Gasteiger partial charge in [0.15, 0.2) is 11.0 Å². The van der Waals surface area contributed by atoms with Crippen LogP contribution in [0.5, 0.6) is 0 Å². The molecule has 2 aromatic carbocycles. The van der Waals surface area contributed by atoms with Gasteiger partial charge in [-0.2, -0.15) is 0 Å². The molecule has 1 amide bonds. The summed E-state index contributed by atoms with van der Waals surface area (Å²) in [6.07, 6.45) is 1.80. The standard InChI is InChI=1S/C23H24Cl2N4OS/c1-4-13-29-21(27-28-23(29)31-14-16-9-11-17(24)12-10-16)20(15(2)3)26-22(30)18-7-5-6-8-19(18)25/h4-12,15,20H,1,13-14H2,2-3H3,(H,26,30). The van der Waals surface area contributed by atoms with Gasteiger partial charge in [0, 0.05) is 17.3 Å². The lowest BCUT2D eigenvalue weighted by Crippen LogP contribution is -2.34. The highest BCUT2D eigenvalue weighted by molar-refractivity contribution is 7.98. The molecule has 0 saturated carbocycles. The second-order valence-electron chi connectivity index (χ2n) is 7.33. The van der Waals surface area contributed by atoms with Crippen molar-refractivity contribution in [3.8, 4) is 0 Å². The third-order valence-electron chi connectivity index (χ3n) is 4.69. The number of amides is 1. The van der Waals surface area contributed by atoms with Crippen LogP contribution in [0.25, 0.3) is 0 Å². The number of carbonyl (C=O) groups excluding carboxylic acids is 1. The molecule has 8 heteroatoms. The quantitative estimate of drug-likeness (QED) is 0.296. The molecule has 0 radical (unpaired) electrons. The Morgan fingerprint density at radius 3 is 2.52 bits per heavy atom. The molecule has 0 aliphatic rings. The van der Waals surface area contributed by atoms with E-state index in [1.165, 1.54) is 0 Å². The van der Waals surface area contributed by atoms with Crippen molar-refractivity contribution in [1.82, 2.24) is 20.1 Å². The summed E-state index contributed by atoms with van der Waals surface area (Å²) >= 11 is 13.8. The largest absolute Gasteiger partial charge is 0.342 e. The molecular weight excluding hydrogens is 451 g/mol. The summed E-state index contributed by atoms with van der Waals surface area (Å²) in [4.78, 5) is 12.9. The molecule has 1 heterocycles. The minimum atomic E-state index is -0.332. The molecule has 0 spiro atoms. The van der Waals surface area contributed by atoms with Crippen molar-refractivity contribution in [2.45, 2.75) is 37.3 Å². The van der Waals surface area contributed by atoms with E-state index in [0.29, 0.717) is 28.0 Å². The summed E-state index contributed by atoms with van der Waals surface area (Å²) in [5, 5.41) is 13.8. The lowest BCUT2D eigenvalue weighted by Gasteiger charge is -2.23. The van der Waals surface area contributed by atoms with Gasteiger partial charge < -0.3 is 9.88 Å². The molecule has 1 N–H and O–H groups in total. The molecule has 162 valence electrons. The number of nitrogens with one attached hydrogen (secondary N) is 1. The lowest BCUT2D eigenvalue weighted by atomic mass is 10.0. The Hall–Kier alpha value is -2.28. The van der Waals surface area contributed by atoms with Gasteiger partial charge >= 0.3 is 0 Å². The maximum atomic E-state index is 12.9. The number of allylic oxidation sites excluding steroid dienone is 1. The summed E-state index contributed by atoms with van der Waals surface area (Å²) < 4.78 is 1.99. The van der Waals surface area contributed by atoms with Crippen molar-refractivity contribution < 1.29 is 4.79 Å². The molecule has 5 nitrogen and oxygen atoms in total. The van der Waals surface area contributed by atoms with Crippen molar-refractivity contribution in [3.63, 3.8) is 0 Å². The van der Waals surface area contributed by atoms with Crippen LogP contribution in [0.2, 0.25) is 10.0 Å². The van der Waals surface area contributed by atoms with E-state index in [4.69, 9.17) is 23.2 Å². The Bertz CT molecular complexity index is 1050. The molecule has 0 aliphatic heterocycles. The molecule has 0 aliphatic carbocycles. The predicted octanol–water partition coefficient (Wildman–Crippen LogP) is 6.19. The fourth-order valence-electron chi connectivity index (χ4n) is 3.06. The van der Waals surface area contributed by atoms with Gasteiger partial charge in [-0.25, -0.2) is 0 Å². The Labute approximate surface area is 196 Å². The third kappa shape index (κ3) is 5.91. The number of benzene rings is 2. The first-order valence-corrected chi connectivity index (χ1v) is 11.6. The Morgan fingerprint density at radius 1 is 1.16 bits per heavy atom. The van der Waals surface area contributed by atoms with Crippen molar-refractivity contribution >= 4 is 40.9 Å². The molecule has 1 aromatic heterocycles. The summed E-state index contributed by atoms with van der Waals surface area (Å²) in [6.45, 7) is 8.47. The second-order valence-corrected chi connectivity index (χ2v) is 9.12. The van der Waals surface area contributed by atoms with Gasteiger partial charge in [0.05, 0.1) is 16.6 Å². The zero-order valence-corrected chi connectivity index (χ0v) is 19.7.